The van der Waals surface area contributed by atoms with Crippen molar-refractivity contribution in [3.05, 3.63) is 48.0 Å². The molecule has 0 spiro atoms. The van der Waals surface area contributed by atoms with Crippen LogP contribution >= 0.6 is 0 Å². The van der Waals surface area contributed by atoms with Crippen molar-refractivity contribution in [1.29, 1.82) is 0 Å². The summed E-state index contributed by atoms with van der Waals surface area (Å²) in [4.78, 5) is 121. The van der Waals surface area contributed by atoms with Crippen LogP contribution in [0.5, 0.6) is 5.75 Å². The van der Waals surface area contributed by atoms with Crippen LogP contribution in [0.2, 0.25) is 0 Å². The lowest BCUT2D eigenvalue weighted by Crippen LogP contribution is -2.79. The molecule has 1 aliphatic heterocycles. The van der Waals surface area contributed by atoms with Gasteiger partial charge in [-0.3, -0.25) is 38.6 Å². The van der Waals surface area contributed by atoms with Crippen LogP contribution in [0.4, 0.5) is 0 Å². The van der Waals surface area contributed by atoms with E-state index < -0.39 is 93.4 Å². The number of H-pyrrole nitrogens is 1. The number of aromatic nitrogens is 2. The maximum absolute atomic E-state index is 15.7. The number of nitrogens with one attached hydrogen (secondary N) is 5. The van der Waals surface area contributed by atoms with Crippen molar-refractivity contribution in [2.24, 2.45) is 33.7 Å². The minimum absolute atomic E-state index is 0.0356. The van der Waals surface area contributed by atoms with Crippen molar-refractivity contribution >= 4 is 53.1 Å². The van der Waals surface area contributed by atoms with Gasteiger partial charge in [0.2, 0.25) is 35.3 Å². The third kappa shape index (κ3) is 12.6. The highest BCUT2D eigenvalue weighted by molar-refractivity contribution is 5.99. The number of nitrogens with two attached hydrogens (primary N) is 5. The molecule has 350 valence electrons. The molecule has 7 atom stereocenters. The van der Waals surface area contributed by atoms with Gasteiger partial charge in [-0.15, -0.1) is 0 Å². The Balaban J connectivity index is 1.79. The monoisotopic (exact) mass is 894 g/mol. The third-order valence-electron chi connectivity index (χ3n) is 12.1. The molecule has 7 amide bonds. The second kappa shape index (κ2) is 22.8. The number of hydrogen-bond acceptors (Lipinski definition) is 12. The highest BCUT2D eigenvalue weighted by atomic mass is 16.3. The zero-order valence-corrected chi connectivity index (χ0v) is 36.5. The van der Waals surface area contributed by atoms with Gasteiger partial charge in [0, 0.05) is 70.3 Å². The number of primary amides is 2. The molecule has 0 radical (unpaired) electrons. The Kier molecular flexibility index (Phi) is 17.9. The van der Waals surface area contributed by atoms with Crippen molar-refractivity contribution in [3.63, 3.8) is 0 Å². The van der Waals surface area contributed by atoms with Crippen LogP contribution < -0.4 is 49.9 Å². The van der Waals surface area contributed by atoms with E-state index in [0.29, 0.717) is 30.5 Å². The van der Waals surface area contributed by atoms with Crippen LogP contribution in [0.1, 0.15) is 95.7 Å². The quantitative estimate of drug-likeness (QED) is 0.0244. The summed E-state index contributed by atoms with van der Waals surface area (Å²) in [6, 6.07) is -1.55. The number of aromatic amines is 1. The molecule has 1 saturated heterocycles. The Morgan fingerprint density at radius 1 is 0.859 bits per heavy atom. The van der Waals surface area contributed by atoms with Crippen molar-refractivity contribution in [2.45, 2.75) is 139 Å². The molecule has 22 heteroatoms. The Morgan fingerprint density at radius 3 is 2.09 bits per heavy atom. The van der Waals surface area contributed by atoms with E-state index in [2.05, 4.69) is 36.2 Å². The molecule has 1 aliphatic carbocycles. The molecule has 2 aromatic rings. The maximum atomic E-state index is 15.7. The summed E-state index contributed by atoms with van der Waals surface area (Å²) in [5.74, 6) is -5.67. The van der Waals surface area contributed by atoms with E-state index >= 15 is 14.4 Å². The van der Waals surface area contributed by atoms with Crippen LogP contribution in [0.15, 0.2) is 41.8 Å². The summed E-state index contributed by atoms with van der Waals surface area (Å²) in [6.07, 6.45) is 5.06. The number of imidazole rings is 1. The summed E-state index contributed by atoms with van der Waals surface area (Å²) >= 11 is 0. The SMILES string of the molecule is CC(=O)N[C@H](CCC(N)=O)C(=O)N[C@H](Cc1cnc[nH]1)C(=O)C1([N+]2(C(=O)[C@H](C)N)CCC[C@@H]2C(=O)N[C@H](Cc2ccc(O)cc2)C(=O)N[C@@H](CCCN=C(N)N)C(N)=O)CCCCC1. The second-order valence-electron chi connectivity index (χ2n) is 16.8. The second-order valence-corrected chi connectivity index (χ2v) is 16.8. The van der Waals surface area contributed by atoms with Gasteiger partial charge < -0.3 is 60.0 Å². The fourth-order valence-corrected chi connectivity index (χ4v) is 9.20. The van der Waals surface area contributed by atoms with Gasteiger partial charge in [0.05, 0.1) is 18.9 Å². The summed E-state index contributed by atoms with van der Waals surface area (Å²) in [7, 11) is 0. The zero-order chi connectivity index (χ0) is 47.2. The number of amides is 7. The number of ketones is 1. The Labute approximate surface area is 371 Å². The van der Waals surface area contributed by atoms with Crippen LogP contribution in [-0.2, 0) is 51.2 Å². The van der Waals surface area contributed by atoms with E-state index in [9.17, 15) is 29.1 Å². The van der Waals surface area contributed by atoms with Gasteiger partial charge in [0.1, 0.15) is 29.9 Å². The summed E-state index contributed by atoms with van der Waals surface area (Å²) in [5, 5.41) is 20.8. The van der Waals surface area contributed by atoms with Gasteiger partial charge in [-0.25, -0.2) is 14.3 Å². The Hall–Kier alpha value is -6.42. The fraction of sp³-hybridized carbons (Fsp3) is 0.571. The lowest BCUT2D eigenvalue weighted by atomic mass is 9.71. The van der Waals surface area contributed by atoms with Gasteiger partial charge >= 0.3 is 5.91 Å². The lowest BCUT2D eigenvalue weighted by molar-refractivity contribution is -0.901. The molecule has 1 saturated carbocycles. The van der Waals surface area contributed by atoms with Crippen LogP contribution in [0.3, 0.4) is 0 Å². The summed E-state index contributed by atoms with van der Waals surface area (Å²) in [5.41, 5.74) is 27.7. The first-order valence-electron chi connectivity index (χ1n) is 21.6. The molecule has 22 nitrogen and oxygen atoms in total. The van der Waals surface area contributed by atoms with Crippen LogP contribution in [-0.4, -0.2) is 128 Å². The number of phenols is 1. The number of quaternary nitrogens is 1. The maximum Gasteiger partial charge on any atom is 0.331 e. The molecule has 4 rings (SSSR count). The number of aromatic hydroxyl groups is 1. The standard InChI is InChI=1S/C42H63N13O9/c1-24(43)40(64)55(42(16-4-3-5-17-42)35(59)31(21-27-22-48-23-50-27)53-37(61)30(51-25(2)56)14-15-34(44)58)19-7-9-33(55)39(63)54-32(20-26-10-12-28(57)13-11-26)38(62)52-29(36(45)60)8-6-18-49-41(46)47/h10-13,22-24,29-33H,3-9,14-21,43H2,1-2H3,(H13-,44,45,46,47,48,49,50,51,52,53,54,56,57,58,60,61,62,63)/p+1/t24-,29-,30+,31+,32+,33+,55?/m0/s1. The lowest BCUT2D eigenvalue weighted by Gasteiger charge is -2.53. The highest BCUT2D eigenvalue weighted by Crippen LogP contribution is 2.47. The van der Waals surface area contributed by atoms with E-state index in [4.69, 9.17) is 28.7 Å². The zero-order valence-electron chi connectivity index (χ0n) is 36.5. The molecule has 2 aliphatic rings. The van der Waals surface area contributed by atoms with Gasteiger partial charge in [-0.2, -0.15) is 0 Å². The number of benzene rings is 1. The molecule has 1 aromatic heterocycles. The van der Waals surface area contributed by atoms with Gasteiger partial charge in [0.15, 0.2) is 17.5 Å². The van der Waals surface area contributed by atoms with Crippen molar-refractivity contribution in [3.8, 4) is 5.75 Å². The van der Waals surface area contributed by atoms with Gasteiger partial charge in [0.25, 0.3) is 5.91 Å². The molecule has 2 fully saturated rings. The third-order valence-corrected chi connectivity index (χ3v) is 12.1. The summed E-state index contributed by atoms with van der Waals surface area (Å²) in [6.45, 7) is 2.88. The number of Topliss-reactive ketones (excluding diaryl/α,β-unsaturated/α-hetero) is 1. The number of carbonyl (C=O) groups excluding carboxylic acids is 8. The molecular weight excluding hydrogens is 831 g/mol. The molecule has 64 heavy (non-hydrogen) atoms. The number of carbonyl (C=O) groups is 8. The van der Waals surface area contributed by atoms with Crippen LogP contribution in [0.25, 0.3) is 0 Å². The Morgan fingerprint density at radius 2 is 1.52 bits per heavy atom. The largest absolute Gasteiger partial charge is 0.508 e. The predicted molar refractivity (Wildman–Crippen MR) is 233 cm³/mol. The number of nitrogens with zero attached hydrogens (tertiary/aromatic N) is 3. The van der Waals surface area contributed by atoms with Gasteiger partial charge in [-0.1, -0.05) is 18.6 Å². The minimum atomic E-state index is -1.61. The number of likely N-dealkylation sites (tertiary alicyclic amines) is 1. The van der Waals surface area contributed by atoms with E-state index in [0.717, 1.165) is 6.42 Å². The van der Waals surface area contributed by atoms with Gasteiger partial charge in [-0.05, 0) is 56.7 Å². The van der Waals surface area contributed by atoms with Crippen molar-refractivity contribution in [1.82, 2.24) is 31.2 Å². The molecule has 1 aromatic carbocycles. The number of hydrogen-bond donors (Lipinski definition) is 11. The predicted octanol–water partition coefficient (Wildman–Crippen LogP) is -2.21. The highest BCUT2D eigenvalue weighted by Gasteiger charge is 2.68. The van der Waals surface area contributed by atoms with E-state index in [1.807, 2.05) is 0 Å². The molecule has 0 bridgehead atoms. The van der Waals surface area contributed by atoms with Crippen LogP contribution in [0, 0.1) is 0 Å². The fourth-order valence-electron chi connectivity index (χ4n) is 9.20. The topological polar surface area (TPSA) is 376 Å². The Bertz CT molecular complexity index is 2020. The number of aliphatic imine (C=N–C) groups is 1. The smallest absolute Gasteiger partial charge is 0.331 e. The molecular formula is C42H64N13O9+. The minimum Gasteiger partial charge on any atom is -0.508 e. The first-order chi connectivity index (χ1) is 30.3. The number of phenolic OH excluding ortho intramolecular Hbond substituents is 1. The molecule has 16 N–H and O–H groups in total. The normalized spacial score (nSPS) is 20.3. The van der Waals surface area contributed by atoms with E-state index in [1.165, 1.54) is 38.5 Å². The van der Waals surface area contributed by atoms with E-state index in [-0.39, 0.29) is 82.6 Å². The first kappa shape index (κ1) is 50.2. The summed E-state index contributed by atoms with van der Waals surface area (Å²) < 4.78 is -0.677. The van der Waals surface area contributed by atoms with Crippen molar-refractivity contribution in [2.75, 3.05) is 13.1 Å². The van der Waals surface area contributed by atoms with Crippen molar-refractivity contribution < 1.29 is 47.9 Å². The first-order valence-corrected chi connectivity index (χ1v) is 21.6. The molecule has 1 unspecified atom stereocenters. The number of guanidine groups is 1. The average Bonchev–Trinajstić information content (AvgIpc) is 3.94. The van der Waals surface area contributed by atoms with E-state index in [1.54, 1.807) is 12.1 Å². The average molecular weight is 895 g/mol. The molecule has 2 heterocycles. The number of rotatable bonds is 23.